The van der Waals surface area contributed by atoms with E-state index in [9.17, 15) is 9.18 Å². The molecule has 1 aliphatic heterocycles. The van der Waals surface area contributed by atoms with Gasteiger partial charge in [0.2, 0.25) is 5.91 Å². The fourth-order valence-corrected chi connectivity index (χ4v) is 2.52. The van der Waals surface area contributed by atoms with Gasteiger partial charge in [-0.25, -0.2) is 4.39 Å². The number of hydrogen-bond donors (Lipinski definition) is 2. The molecule has 18 heavy (non-hydrogen) atoms. The van der Waals surface area contributed by atoms with Crippen molar-refractivity contribution < 1.29 is 9.18 Å². The predicted octanol–water partition coefficient (Wildman–Crippen LogP) is 0.999. The van der Waals surface area contributed by atoms with Gasteiger partial charge < -0.3 is 16.0 Å². The molecule has 1 atom stereocenters. The highest BCUT2D eigenvalue weighted by Gasteiger charge is 2.32. The van der Waals surface area contributed by atoms with E-state index in [1.54, 1.807) is 19.2 Å². The Morgan fingerprint density at radius 2 is 2.39 bits per heavy atom. The Hall–Kier alpha value is -1.62. The number of halogens is 1. The van der Waals surface area contributed by atoms with Crippen LogP contribution in [0, 0.1) is 5.82 Å². The minimum absolute atomic E-state index is 0.0706. The molecular weight excluding hydrogens is 233 g/mol. The monoisotopic (exact) mass is 251 g/mol. The maximum absolute atomic E-state index is 14.0. The maximum Gasteiger partial charge on any atom is 0.242 e. The van der Waals surface area contributed by atoms with Gasteiger partial charge in [0.25, 0.3) is 0 Å². The summed E-state index contributed by atoms with van der Waals surface area (Å²) >= 11 is 0. The van der Waals surface area contributed by atoms with Crippen molar-refractivity contribution in [2.45, 2.75) is 25.4 Å². The molecular formula is C13H18FN3O. The number of hydrogen-bond acceptors (Lipinski definition) is 3. The van der Waals surface area contributed by atoms with E-state index in [-0.39, 0.29) is 24.3 Å². The number of amides is 1. The molecule has 3 N–H and O–H groups in total. The minimum Gasteiger partial charge on any atom is -0.357 e. The van der Waals surface area contributed by atoms with Crippen molar-refractivity contribution in [1.29, 1.82) is 0 Å². The predicted molar refractivity (Wildman–Crippen MR) is 68.7 cm³/mol. The zero-order valence-electron chi connectivity index (χ0n) is 10.4. The molecule has 0 saturated carbocycles. The van der Waals surface area contributed by atoms with Gasteiger partial charge in [0, 0.05) is 20.1 Å². The molecule has 0 spiro atoms. The molecule has 1 aromatic rings. The SMILES string of the molecule is CNC(=O)C1CCCN1c1c(F)cccc1CN. The Labute approximate surface area is 106 Å². The molecule has 1 unspecified atom stereocenters. The molecule has 0 aliphatic carbocycles. The van der Waals surface area contributed by atoms with Crippen molar-refractivity contribution in [3.05, 3.63) is 29.6 Å². The van der Waals surface area contributed by atoms with Crippen LogP contribution < -0.4 is 16.0 Å². The second-order valence-corrected chi connectivity index (χ2v) is 4.42. The van der Waals surface area contributed by atoms with Gasteiger partial charge in [-0.1, -0.05) is 12.1 Å². The highest BCUT2D eigenvalue weighted by molar-refractivity contribution is 5.86. The van der Waals surface area contributed by atoms with E-state index in [4.69, 9.17) is 5.73 Å². The number of nitrogens with two attached hydrogens (primary N) is 1. The van der Waals surface area contributed by atoms with Gasteiger partial charge in [-0.05, 0) is 24.5 Å². The summed E-state index contributed by atoms with van der Waals surface area (Å²) in [4.78, 5) is 13.6. The Morgan fingerprint density at radius 3 is 3.06 bits per heavy atom. The lowest BCUT2D eigenvalue weighted by molar-refractivity contribution is -0.121. The largest absolute Gasteiger partial charge is 0.357 e. The van der Waals surface area contributed by atoms with Gasteiger partial charge in [0.1, 0.15) is 11.9 Å². The summed E-state index contributed by atoms with van der Waals surface area (Å²) in [6.45, 7) is 0.954. The van der Waals surface area contributed by atoms with E-state index in [2.05, 4.69) is 5.32 Å². The summed E-state index contributed by atoms with van der Waals surface area (Å²) in [5.41, 5.74) is 6.87. The molecule has 1 fully saturated rings. The normalized spacial score (nSPS) is 19.1. The van der Waals surface area contributed by atoms with Crippen LogP contribution in [0.3, 0.4) is 0 Å². The quantitative estimate of drug-likeness (QED) is 0.842. The first-order valence-corrected chi connectivity index (χ1v) is 6.14. The summed E-state index contributed by atoms with van der Waals surface area (Å²) in [5.74, 6) is -0.382. The maximum atomic E-state index is 14.0. The van der Waals surface area contributed by atoms with Gasteiger partial charge in [-0.15, -0.1) is 0 Å². The second-order valence-electron chi connectivity index (χ2n) is 4.42. The lowest BCUT2D eigenvalue weighted by Gasteiger charge is -2.27. The van der Waals surface area contributed by atoms with Gasteiger partial charge in [0.15, 0.2) is 0 Å². The fourth-order valence-electron chi connectivity index (χ4n) is 2.52. The van der Waals surface area contributed by atoms with Crippen LogP contribution in [0.4, 0.5) is 10.1 Å². The third-order valence-corrected chi connectivity index (χ3v) is 3.38. The van der Waals surface area contributed by atoms with Gasteiger partial charge in [-0.2, -0.15) is 0 Å². The van der Waals surface area contributed by atoms with Crippen molar-refractivity contribution in [1.82, 2.24) is 5.32 Å². The summed E-state index contributed by atoms with van der Waals surface area (Å²) in [5, 5.41) is 2.63. The molecule has 0 bridgehead atoms. The van der Waals surface area contributed by atoms with E-state index in [0.29, 0.717) is 12.2 Å². The van der Waals surface area contributed by atoms with E-state index in [1.165, 1.54) is 6.07 Å². The Morgan fingerprint density at radius 1 is 1.61 bits per heavy atom. The summed E-state index contributed by atoms with van der Waals surface area (Å²) in [6.07, 6.45) is 1.63. The molecule has 2 rings (SSSR count). The summed E-state index contributed by atoms with van der Waals surface area (Å²) in [6, 6.07) is 4.56. The molecule has 98 valence electrons. The number of nitrogens with one attached hydrogen (secondary N) is 1. The highest BCUT2D eigenvalue weighted by Crippen LogP contribution is 2.31. The van der Waals surface area contributed by atoms with Crippen LogP contribution in [0.5, 0.6) is 0 Å². The zero-order chi connectivity index (χ0) is 13.1. The lowest BCUT2D eigenvalue weighted by Crippen LogP contribution is -2.42. The van der Waals surface area contributed by atoms with Gasteiger partial charge in [-0.3, -0.25) is 4.79 Å². The van der Waals surface area contributed by atoms with Gasteiger partial charge >= 0.3 is 0 Å². The van der Waals surface area contributed by atoms with E-state index >= 15 is 0 Å². The van der Waals surface area contributed by atoms with Crippen LogP contribution in [0.1, 0.15) is 18.4 Å². The van der Waals surface area contributed by atoms with E-state index in [1.807, 2.05) is 4.90 Å². The number of para-hydroxylation sites is 1. The van der Waals surface area contributed by atoms with Crippen LogP contribution in [0.2, 0.25) is 0 Å². The van der Waals surface area contributed by atoms with Crippen molar-refractivity contribution in [3.8, 4) is 0 Å². The fraction of sp³-hybridized carbons (Fsp3) is 0.462. The topological polar surface area (TPSA) is 58.4 Å². The van der Waals surface area contributed by atoms with Gasteiger partial charge in [0.05, 0.1) is 5.69 Å². The molecule has 1 saturated heterocycles. The van der Waals surface area contributed by atoms with E-state index in [0.717, 1.165) is 18.4 Å². The molecule has 1 aliphatic rings. The Balaban J connectivity index is 2.38. The molecule has 0 aromatic heterocycles. The first kappa shape index (κ1) is 12.8. The third-order valence-electron chi connectivity index (χ3n) is 3.38. The molecule has 4 nitrogen and oxygen atoms in total. The minimum atomic E-state index is -0.311. The summed E-state index contributed by atoms with van der Waals surface area (Å²) in [7, 11) is 1.60. The van der Waals surface area contributed by atoms with Crippen molar-refractivity contribution in [2.24, 2.45) is 5.73 Å². The van der Waals surface area contributed by atoms with Crippen LogP contribution in [-0.2, 0) is 11.3 Å². The molecule has 0 radical (unpaired) electrons. The zero-order valence-corrected chi connectivity index (χ0v) is 10.4. The lowest BCUT2D eigenvalue weighted by atomic mass is 10.1. The molecule has 5 heteroatoms. The number of benzene rings is 1. The average Bonchev–Trinajstić information content (AvgIpc) is 2.86. The molecule has 1 heterocycles. The third kappa shape index (κ3) is 2.18. The number of carbonyl (C=O) groups excluding carboxylic acids is 1. The summed E-state index contributed by atoms with van der Waals surface area (Å²) < 4.78 is 14.0. The standard InChI is InChI=1S/C13H18FN3O/c1-16-13(18)11-6-3-7-17(11)12-9(8-15)4-2-5-10(12)14/h2,4-5,11H,3,6-8,15H2,1H3,(H,16,18). The smallest absolute Gasteiger partial charge is 0.242 e. The van der Waals surface area contributed by atoms with Crippen LogP contribution >= 0.6 is 0 Å². The number of rotatable bonds is 3. The van der Waals surface area contributed by atoms with Crippen LogP contribution in [0.15, 0.2) is 18.2 Å². The first-order chi connectivity index (χ1) is 8.69. The van der Waals surface area contributed by atoms with Crippen molar-refractivity contribution in [2.75, 3.05) is 18.5 Å². The van der Waals surface area contributed by atoms with Crippen LogP contribution in [0.25, 0.3) is 0 Å². The molecule has 1 aromatic carbocycles. The average molecular weight is 251 g/mol. The van der Waals surface area contributed by atoms with E-state index < -0.39 is 0 Å². The second kappa shape index (κ2) is 5.35. The number of nitrogens with zero attached hydrogens (tertiary/aromatic N) is 1. The Kier molecular flexibility index (Phi) is 3.81. The highest BCUT2D eigenvalue weighted by atomic mass is 19.1. The van der Waals surface area contributed by atoms with Crippen molar-refractivity contribution >= 4 is 11.6 Å². The number of anilines is 1. The number of carbonyl (C=O) groups is 1. The van der Waals surface area contributed by atoms with Crippen molar-refractivity contribution in [3.63, 3.8) is 0 Å². The molecule has 1 amide bonds. The Bertz CT molecular complexity index is 450. The number of likely N-dealkylation sites (N-methyl/N-ethyl adjacent to an activating group) is 1. The first-order valence-electron chi connectivity index (χ1n) is 6.14. The van der Waals surface area contributed by atoms with Crippen LogP contribution in [-0.4, -0.2) is 25.5 Å².